The van der Waals surface area contributed by atoms with Gasteiger partial charge in [-0.1, -0.05) is 388 Å². The molecule has 0 saturated carbocycles. The van der Waals surface area contributed by atoms with Gasteiger partial charge >= 0.3 is 0 Å². The van der Waals surface area contributed by atoms with Gasteiger partial charge in [-0.25, -0.2) is 0 Å². The third kappa shape index (κ3) is 10.3. The molecule has 0 saturated heterocycles. The van der Waals surface area contributed by atoms with E-state index in [9.17, 15) is 0 Å². The lowest BCUT2D eigenvalue weighted by atomic mass is 9.83. The third-order valence-corrected chi connectivity index (χ3v) is 24.5. The summed E-state index contributed by atoms with van der Waals surface area (Å²) in [7, 11) is 0. The van der Waals surface area contributed by atoms with Crippen molar-refractivity contribution < 1.29 is 0 Å². The van der Waals surface area contributed by atoms with Crippen molar-refractivity contribution in [3.8, 4) is 89.0 Å². The predicted molar refractivity (Wildman–Crippen MR) is 493 cm³/mol. The van der Waals surface area contributed by atoms with E-state index in [0.29, 0.717) is 0 Å². The molecule has 0 nitrogen and oxygen atoms in total. The lowest BCUT2D eigenvalue weighted by molar-refractivity contribution is 1.66. The first-order chi connectivity index (χ1) is 56.6. The minimum Gasteiger partial charge on any atom is -0.0622 e. The van der Waals surface area contributed by atoms with Crippen LogP contribution in [0.1, 0.15) is 0 Å². The molecular weight excluding hydrogens is 1370 g/mol. The minimum atomic E-state index is 1.24. The van der Waals surface area contributed by atoms with Crippen LogP contribution in [0.4, 0.5) is 0 Å². The fraction of sp³-hybridized carbons (Fsp3) is 0. The molecule has 0 radical (unpaired) electrons. The smallest absolute Gasteiger partial charge is 0.00259 e. The lowest BCUT2D eigenvalue weighted by Gasteiger charge is -2.20. The predicted octanol–water partition coefficient (Wildman–Crippen LogP) is 32.3. The van der Waals surface area contributed by atoms with Crippen molar-refractivity contribution >= 4 is 151 Å². The molecule has 526 valence electrons. The van der Waals surface area contributed by atoms with Crippen molar-refractivity contribution in [1.29, 1.82) is 0 Å². The van der Waals surface area contributed by atoms with Gasteiger partial charge in [-0.15, -0.1) is 0 Å². The minimum absolute atomic E-state index is 1.24. The third-order valence-electron chi connectivity index (χ3n) is 24.5. The van der Waals surface area contributed by atoms with Crippen LogP contribution in [0.15, 0.2) is 425 Å². The van der Waals surface area contributed by atoms with Gasteiger partial charge in [-0.2, -0.15) is 0 Å². The van der Waals surface area contributed by atoms with E-state index >= 15 is 0 Å². The van der Waals surface area contributed by atoms with Gasteiger partial charge in [0.1, 0.15) is 0 Å². The maximum absolute atomic E-state index is 2.43. The van der Waals surface area contributed by atoms with E-state index in [2.05, 4.69) is 425 Å². The maximum Gasteiger partial charge on any atom is -0.00259 e. The standard InChI is InChI=1S/C58H36.C56H34/c1-3-15-37(16-4-1)55-47-19-7-11-23-51(47)57(52-24-12-8-20-48(52)55)41-29-31-43-39(35-41)27-33-46-44-32-30-42(36-40(44)28-34-45(43)46)58-53-25-13-9-21-49(53)56(38-17-5-2-6-18-38)50-22-10-14-26-54(50)58;1-3-15-35(16-4-1)53-43-19-7-11-23-47(43)55(48-24-12-8-20-44(48)53)41-31-37-27-29-39-33-42(34-40-30-28-38(32-41)51(37)52(39)40)56-49-25-13-9-21-45(49)54(36-17-5-2-6-18-36)46-22-10-14-26-50(46)56/h1-36H;1-34H. The fourth-order valence-corrected chi connectivity index (χ4v) is 19.7. The maximum atomic E-state index is 2.43. The number of rotatable bonds is 8. The lowest BCUT2D eigenvalue weighted by Crippen LogP contribution is -1.93. The van der Waals surface area contributed by atoms with Crippen LogP contribution in [0.2, 0.25) is 0 Å². The van der Waals surface area contributed by atoms with Gasteiger partial charge in [0.2, 0.25) is 0 Å². The van der Waals surface area contributed by atoms with E-state index in [0.717, 1.165) is 0 Å². The first kappa shape index (κ1) is 65.1. The van der Waals surface area contributed by atoms with Crippen LogP contribution in [0.3, 0.4) is 0 Å². The molecule has 0 aliphatic heterocycles. The summed E-state index contributed by atoms with van der Waals surface area (Å²) < 4.78 is 0. The molecule has 0 unspecified atom stereocenters. The zero-order chi connectivity index (χ0) is 74.9. The Bertz CT molecular complexity index is 7280. The summed E-state index contributed by atoms with van der Waals surface area (Å²) in [6.07, 6.45) is 0. The quantitative estimate of drug-likeness (QED) is 0.105. The highest BCUT2D eigenvalue weighted by molar-refractivity contribution is 6.30. The van der Waals surface area contributed by atoms with E-state index in [4.69, 9.17) is 0 Å². The van der Waals surface area contributed by atoms with Gasteiger partial charge in [0.25, 0.3) is 0 Å². The van der Waals surface area contributed by atoms with Gasteiger partial charge < -0.3 is 0 Å². The Hall–Kier alpha value is -14.8. The van der Waals surface area contributed by atoms with Crippen molar-refractivity contribution in [3.63, 3.8) is 0 Å². The molecule has 0 fully saturated rings. The average molecular weight is 1440 g/mol. The summed E-state index contributed by atoms with van der Waals surface area (Å²) in [5.41, 5.74) is 20.3. The summed E-state index contributed by atoms with van der Waals surface area (Å²) >= 11 is 0. The molecule has 0 spiro atoms. The molecule has 0 amide bonds. The second-order valence-corrected chi connectivity index (χ2v) is 30.7. The van der Waals surface area contributed by atoms with E-state index in [1.165, 1.54) is 240 Å². The molecule has 0 atom stereocenters. The molecular formula is C114H70. The van der Waals surface area contributed by atoms with Crippen molar-refractivity contribution in [1.82, 2.24) is 0 Å². The van der Waals surface area contributed by atoms with E-state index in [-0.39, 0.29) is 0 Å². The number of hydrogen-bond acceptors (Lipinski definition) is 0. The van der Waals surface area contributed by atoms with Crippen LogP contribution in [0.5, 0.6) is 0 Å². The molecule has 0 aliphatic carbocycles. The van der Waals surface area contributed by atoms with E-state index in [1.807, 2.05) is 0 Å². The Morgan fingerprint density at radius 2 is 0.246 bits per heavy atom. The molecule has 24 aromatic rings. The van der Waals surface area contributed by atoms with E-state index in [1.54, 1.807) is 0 Å². The van der Waals surface area contributed by atoms with Gasteiger partial charge in [-0.3, -0.25) is 0 Å². The topological polar surface area (TPSA) is 0 Å². The first-order valence-corrected chi connectivity index (χ1v) is 39.7. The average Bonchev–Trinajstić information content (AvgIpc) is 0.749. The molecule has 0 bridgehead atoms. The Morgan fingerprint density at radius 3 is 0.456 bits per heavy atom. The molecule has 24 rings (SSSR count). The molecule has 24 aromatic carbocycles. The number of hydrogen-bond donors (Lipinski definition) is 0. The van der Waals surface area contributed by atoms with Crippen LogP contribution < -0.4 is 0 Å². The molecule has 114 heavy (non-hydrogen) atoms. The van der Waals surface area contributed by atoms with Crippen LogP contribution in [-0.2, 0) is 0 Å². The molecule has 0 heterocycles. The highest BCUT2D eigenvalue weighted by Crippen LogP contribution is 2.52. The first-order valence-electron chi connectivity index (χ1n) is 39.7. The molecule has 0 N–H and O–H groups in total. The SMILES string of the molecule is c1ccc(-c2c3ccccc3c(-c3cc4ccc5cc(-c6c7ccccc7c(-c7ccccc7)c7ccccc67)cc6ccc(c3)c4c56)c3ccccc23)cc1.c1ccc(-c2c3ccccc3c(-c3ccc4c(ccc5c6ccc(-c7c8ccccc8c(-c8ccccc8)c8ccccc78)cc6ccc45)c3)c3ccccc23)cc1. The van der Waals surface area contributed by atoms with Crippen molar-refractivity contribution in [2.75, 3.05) is 0 Å². The summed E-state index contributed by atoms with van der Waals surface area (Å²) in [6.45, 7) is 0. The highest BCUT2D eigenvalue weighted by atomic mass is 14.3. The zero-order valence-electron chi connectivity index (χ0n) is 62.4. The van der Waals surface area contributed by atoms with Crippen LogP contribution in [0, 0.1) is 0 Å². The fourth-order valence-electron chi connectivity index (χ4n) is 19.7. The Morgan fingerprint density at radius 1 is 0.0877 bits per heavy atom. The summed E-state index contributed by atoms with van der Waals surface area (Å²) in [6, 6.07) is 157. The van der Waals surface area contributed by atoms with Gasteiger partial charge in [-0.05, 0) is 276 Å². The number of fused-ring (bicyclic) bond motifs is 13. The van der Waals surface area contributed by atoms with Crippen molar-refractivity contribution in [2.24, 2.45) is 0 Å². The molecule has 0 heteroatoms. The second kappa shape index (κ2) is 26.5. The van der Waals surface area contributed by atoms with Crippen LogP contribution in [-0.4, -0.2) is 0 Å². The molecule has 0 aromatic heterocycles. The van der Waals surface area contributed by atoms with Gasteiger partial charge in [0, 0.05) is 0 Å². The van der Waals surface area contributed by atoms with Crippen LogP contribution >= 0.6 is 0 Å². The van der Waals surface area contributed by atoms with E-state index < -0.39 is 0 Å². The van der Waals surface area contributed by atoms with Gasteiger partial charge in [0.05, 0.1) is 0 Å². The van der Waals surface area contributed by atoms with Crippen molar-refractivity contribution in [3.05, 3.63) is 425 Å². The number of benzene rings is 24. The van der Waals surface area contributed by atoms with Crippen LogP contribution in [0.25, 0.3) is 240 Å². The highest BCUT2D eigenvalue weighted by Gasteiger charge is 2.24. The monoisotopic (exact) mass is 1440 g/mol. The van der Waals surface area contributed by atoms with Gasteiger partial charge in [0.15, 0.2) is 0 Å². The second-order valence-electron chi connectivity index (χ2n) is 30.7. The summed E-state index contributed by atoms with van der Waals surface area (Å²) in [5, 5.41) is 35.8. The summed E-state index contributed by atoms with van der Waals surface area (Å²) in [4.78, 5) is 0. The Balaban J connectivity index is 0.000000135. The van der Waals surface area contributed by atoms with Crippen molar-refractivity contribution in [2.45, 2.75) is 0 Å². The normalized spacial score (nSPS) is 11.9. The zero-order valence-corrected chi connectivity index (χ0v) is 62.4. The molecule has 0 aliphatic rings. The Kier molecular flexibility index (Phi) is 15.1. The largest absolute Gasteiger partial charge is 0.0622 e. The Labute approximate surface area is 659 Å². The summed E-state index contributed by atoms with van der Waals surface area (Å²) in [5.74, 6) is 0.